The molecule has 4 rings (SSSR count). The van der Waals surface area contributed by atoms with Crippen molar-refractivity contribution < 1.29 is 9.26 Å². The first kappa shape index (κ1) is 21.1. The number of hydrogen-bond donors (Lipinski definition) is 1. The van der Waals surface area contributed by atoms with E-state index in [-0.39, 0.29) is 11.7 Å². The Morgan fingerprint density at radius 3 is 2.65 bits per heavy atom. The van der Waals surface area contributed by atoms with Crippen LogP contribution in [0.25, 0.3) is 22.6 Å². The van der Waals surface area contributed by atoms with Crippen LogP contribution in [0.3, 0.4) is 0 Å². The molecule has 2 aromatic carbocycles. The van der Waals surface area contributed by atoms with E-state index in [1.165, 1.54) is 17.8 Å². The van der Waals surface area contributed by atoms with Crippen molar-refractivity contribution in [3.8, 4) is 28.4 Å². The monoisotopic (exact) mass is 454 g/mol. The van der Waals surface area contributed by atoms with Crippen molar-refractivity contribution in [1.29, 1.82) is 0 Å². The van der Waals surface area contributed by atoms with Gasteiger partial charge in [0.25, 0.3) is 5.56 Å². The summed E-state index contributed by atoms with van der Waals surface area (Å²) in [6, 6.07) is 16.1. The van der Waals surface area contributed by atoms with Gasteiger partial charge in [0, 0.05) is 22.2 Å². The van der Waals surface area contributed by atoms with Crippen LogP contribution in [0.5, 0.6) is 5.75 Å². The van der Waals surface area contributed by atoms with Crippen molar-refractivity contribution in [1.82, 2.24) is 20.1 Å². The molecule has 0 aliphatic heterocycles. The number of nitrogens with zero attached hydrogens (tertiary/aromatic N) is 3. The third-order valence-corrected chi connectivity index (χ3v) is 5.22. The number of halogens is 1. The molecule has 0 atom stereocenters. The summed E-state index contributed by atoms with van der Waals surface area (Å²) in [7, 11) is 0. The van der Waals surface area contributed by atoms with Crippen LogP contribution in [0.4, 0.5) is 0 Å². The van der Waals surface area contributed by atoms with Gasteiger partial charge in [-0.2, -0.15) is 4.98 Å². The van der Waals surface area contributed by atoms with Crippen LogP contribution in [0.1, 0.15) is 19.7 Å². The second kappa shape index (κ2) is 9.36. The molecule has 0 fully saturated rings. The smallest absolute Gasteiger partial charge is 0.252 e. The molecule has 4 aromatic rings. The Morgan fingerprint density at radius 2 is 1.90 bits per heavy atom. The van der Waals surface area contributed by atoms with Crippen molar-refractivity contribution >= 4 is 23.4 Å². The molecule has 0 saturated heterocycles. The first-order valence-corrected chi connectivity index (χ1v) is 10.9. The minimum Gasteiger partial charge on any atom is -0.491 e. The second-order valence-corrected chi connectivity index (χ2v) is 8.34. The molecule has 0 spiro atoms. The van der Waals surface area contributed by atoms with Gasteiger partial charge in [-0.1, -0.05) is 40.7 Å². The van der Waals surface area contributed by atoms with Gasteiger partial charge >= 0.3 is 0 Å². The lowest BCUT2D eigenvalue weighted by Crippen LogP contribution is -2.08. The quantitative estimate of drug-likeness (QED) is 0.302. The Balaban J connectivity index is 1.46. The number of thioether (sulfide) groups is 1. The lowest BCUT2D eigenvalue weighted by molar-refractivity contribution is 0.242. The maximum Gasteiger partial charge on any atom is 0.252 e. The van der Waals surface area contributed by atoms with Gasteiger partial charge in [-0.15, -0.1) is 0 Å². The van der Waals surface area contributed by atoms with Crippen LogP contribution in [0.2, 0.25) is 5.02 Å². The average molecular weight is 455 g/mol. The Morgan fingerprint density at radius 1 is 1.10 bits per heavy atom. The van der Waals surface area contributed by atoms with Gasteiger partial charge in [0.2, 0.25) is 11.7 Å². The van der Waals surface area contributed by atoms with Crippen LogP contribution in [-0.4, -0.2) is 26.2 Å². The molecule has 0 radical (unpaired) electrons. The molecule has 1 N–H and O–H groups in total. The summed E-state index contributed by atoms with van der Waals surface area (Å²) >= 11 is 7.35. The lowest BCUT2D eigenvalue weighted by Gasteiger charge is -2.09. The number of aromatic amines is 1. The fourth-order valence-electron chi connectivity index (χ4n) is 2.81. The minimum absolute atomic E-state index is 0.108. The van der Waals surface area contributed by atoms with E-state index in [0.29, 0.717) is 33.3 Å². The number of hydrogen-bond acceptors (Lipinski definition) is 7. The zero-order valence-electron chi connectivity index (χ0n) is 16.8. The molecule has 0 aliphatic carbocycles. The number of rotatable bonds is 7. The van der Waals surface area contributed by atoms with E-state index in [9.17, 15) is 4.79 Å². The summed E-state index contributed by atoms with van der Waals surface area (Å²) in [6.45, 7) is 3.95. The van der Waals surface area contributed by atoms with E-state index in [1.54, 1.807) is 12.1 Å². The third-order valence-electron chi connectivity index (χ3n) is 4.13. The van der Waals surface area contributed by atoms with Crippen LogP contribution >= 0.6 is 23.4 Å². The first-order valence-electron chi connectivity index (χ1n) is 9.56. The Kier molecular flexibility index (Phi) is 6.39. The SMILES string of the molecule is CC(C)Oc1ccc(-c2noc(CSc3nc(-c4cccc(Cl)c4)cc(=O)[nH]3)n2)cc1. The largest absolute Gasteiger partial charge is 0.491 e. The predicted molar refractivity (Wildman–Crippen MR) is 120 cm³/mol. The highest BCUT2D eigenvalue weighted by molar-refractivity contribution is 7.98. The first-order chi connectivity index (χ1) is 15.0. The van der Waals surface area contributed by atoms with Crippen molar-refractivity contribution in [3.05, 3.63) is 75.9 Å². The predicted octanol–water partition coefficient (Wildman–Crippen LogP) is 5.22. The maximum absolute atomic E-state index is 12.1. The van der Waals surface area contributed by atoms with Gasteiger partial charge in [0.15, 0.2) is 5.16 Å². The van der Waals surface area contributed by atoms with Gasteiger partial charge < -0.3 is 14.2 Å². The molecule has 0 saturated carbocycles. The molecule has 0 aliphatic rings. The third kappa shape index (κ3) is 5.53. The molecular formula is C22H19ClN4O3S. The fraction of sp³-hybridized carbons (Fsp3) is 0.182. The van der Waals surface area contributed by atoms with Crippen molar-refractivity contribution in [2.24, 2.45) is 0 Å². The van der Waals surface area contributed by atoms with Crippen LogP contribution in [-0.2, 0) is 5.75 Å². The molecule has 0 bridgehead atoms. The van der Waals surface area contributed by atoms with Gasteiger partial charge in [-0.3, -0.25) is 4.79 Å². The summed E-state index contributed by atoms with van der Waals surface area (Å²) < 4.78 is 11.0. The minimum atomic E-state index is -0.248. The number of ether oxygens (including phenoxy) is 1. The molecule has 158 valence electrons. The second-order valence-electron chi connectivity index (χ2n) is 6.94. The summed E-state index contributed by atoms with van der Waals surface area (Å²) in [5.74, 6) is 2.07. The van der Waals surface area contributed by atoms with Crippen molar-refractivity contribution in [2.45, 2.75) is 30.9 Å². The van der Waals surface area contributed by atoms with E-state index < -0.39 is 0 Å². The van der Waals surface area contributed by atoms with Crippen molar-refractivity contribution in [2.75, 3.05) is 0 Å². The molecular weight excluding hydrogens is 436 g/mol. The van der Waals surface area contributed by atoms with E-state index in [1.807, 2.05) is 50.2 Å². The summed E-state index contributed by atoms with van der Waals surface area (Å²) in [5.41, 5.74) is 1.89. The van der Waals surface area contributed by atoms with Crippen LogP contribution in [0.15, 0.2) is 69.1 Å². The Labute approximate surface area is 187 Å². The zero-order valence-corrected chi connectivity index (χ0v) is 18.4. The highest BCUT2D eigenvalue weighted by Crippen LogP contribution is 2.25. The van der Waals surface area contributed by atoms with Crippen LogP contribution < -0.4 is 10.3 Å². The lowest BCUT2D eigenvalue weighted by atomic mass is 10.1. The molecule has 2 aromatic heterocycles. The standard InChI is InChI=1S/C22H19ClN4O3S/c1-13(2)29-17-8-6-14(7-9-17)21-26-20(30-27-21)12-31-22-24-18(11-19(28)25-22)15-4-3-5-16(23)10-15/h3-11,13H,12H2,1-2H3,(H,24,25,28). The number of nitrogens with one attached hydrogen (secondary N) is 1. The number of H-pyrrole nitrogens is 1. The summed E-state index contributed by atoms with van der Waals surface area (Å²) in [6.07, 6.45) is 0.108. The summed E-state index contributed by atoms with van der Waals surface area (Å²) in [5, 5.41) is 5.07. The molecule has 0 amide bonds. The fourth-order valence-corrected chi connectivity index (χ4v) is 3.72. The Hall–Kier alpha value is -3.10. The zero-order chi connectivity index (χ0) is 21.8. The maximum atomic E-state index is 12.1. The van der Waals surface area contributed by atoms with E-state index in [0.717, 1.165) is 16.9 Å². The topological polar surface area (TPSA) is 93.9 Å². The highest BCUT2D eigenvalue weighted by Gasteiger charge is 2.11. The van der Waals surface area contributed by atoms with E-state index in [4.69, 9.17) is 20.9 Å². The molecule has 7 nitrogen and oxygen atoms in total. The average Bonchev–Trinajstić information content (AvgIpc) is 3.21. The number of aromatic nitrogens is 4. The van der Waals surface area contributed by atoms with Crippen LogP contribution in [0, 0.1) is 0 Å². The highest BCUT2D eigenvalue weighted by atomic mass is 35.5. The van der Waals surface area contributed by atoms with Crippen molar-refractivity contribution in [3.63, 3.8) is 0 Å². The van der Waals surface area contributed by atoms with Gasteiger partial charge in [0.1, 0.15) is 5.75 Å². The molecule has 0 unspecified atom stereocenters. The van der Waals surface area contributed by atoms with E-state index in [2.05, 4.69) is 20.1 Å². The summed E-state index contributed by atoms with van der Waals surface area (Å²) in [4.78, 5) is 23.7. The number of benzene rings is 2. The molecule has 31 heavy (non-hydrogen) atoms. The molecule has 9 heteroatoms. The Bertz CT molecular complexity index is 1240. The van der Waals surface area contributed by atoms with Gasteiger partial charge in [-0.05, 0) is 50.2 Å². The van der Waals surface area contributed by atoms with Gasteiger partial charge in [-0.25, -0.2) is 4.98 Å². The van der Waals surface area contributed by atoms with Gasteiger partial charge in [0.05, 0.1) is 17.6 Å². The normalized spacial score (nSPS) is 11.1. The molecule has 2 heterocycles. The van der Waals surface area contributed by atoms with E-state index >= 15 is 0 Å².